The molecule has 1 spiro atoms. The van der Waals surface area contributed by atoms with Crippen LogP contribution in [0.25, 0.3) is 0 Å². The lowest BCUT2D eigenvalue weighted by Crippen LogP contribution is -2.61. The van der Waals surface area contributed by atoms with E-state index in [9.17, 15) is 15.0 Å². The van der Waals surface area contributed by atoms with Crippen LogP contribution < -0.4 is 0 Å². The number of carbonyl (C=O) groups excluding carboxylic acids is 1. The van der Waals surface area contributed by atoms with Crippen molar-refractivity contribution in [2.24, 2.45) is 11.8 Å². The highest BCUT2D eigenvalue weighted by Gasteiger charge is 2.68. The Morgan fingerprint density at radius 1 is 0.788 bits per heavy atom. The number of fused-ring (bicyclic) bond motifs is 6. The van der Waals surface area contributed by atoms with Crippen molar-refractivity contribution in [1.29, 1.82) is 0 Å². The third-order valence-corrected chi connectivity index (χ3v) is 13.9. The monoisotopic (exact) mass is 730 g/mol. The fourth-order valence-corrected chi connectivity index (χ4v) is 11.3. The Labute approximate surface area is 306 Å². The van der Waals surface area contributed by atoms with Crippen LogP contribution in [-0.2, 0) is 47.4 Å². The molecule has 10 saturated heterocycles. The number of carbonyl (C=O) groups is 1. The van der Waals surface area contributed by atoms with Crippen molar-refractivity contribution in [2.45, 2.75) is 194 Å². The zero-order valence-electron chi connectivity index (χ0n) is 30.7. The maximum Gasteiger partial charge on any atom is 0.172 e. The number of ketones is 1. The van der Waals surface area contributed by atoms with E-state index in [1.54, 1.807) is 7.11 Å². The molecule has 12 nitrogen and oxygen atoms in total. The summed E-state index contributed by atoms with van der Waals surface area (Å²) >= 11 is 0. The molecule has 12 bridgehead atoms. The van der Waals surface area contributed by atoms with Crippen LogP contribution in [-0.4, -0.2) is 133 Å². The quantitative estimate of drug-likeness (QED) is 0.410. The van der Waals surface area contributed by atoms with E-state index < -0.39 is 24.1 Å². The van der Waals surface area contributed by atoms with Gasteiger partial charge < -0.3 is 52.8 Å². The highest BCUT2D eigenvalue weighted by atomic mass is 16.8. The molecule has 52 heavy (non-hydrogen) atoms. The second-order valence-electron chi connectivity index (χ2n) is 17.4. The van der Waals surface area contributed by atoms with Gasteiger partial charge in [-0.05, 0) is 62.0 Å². The summed E-state index contributed by atoms with van der Waals surface area (Å²) in [7, 11) is 1.63. The maximum absolute atomic E-state index is 14.0. The predicted octanol–water partition coefficient (Wildman–Crippen LogP) is 3.47. The molecule has 2 N–H and O–H groups in total. The lowest BCUT2D eigenvalue weighted by molar-refractivity contribution is -0.292. The lowest BCUT2D eigenvalue weighted by Gasteiger charge is -2.47. The van der Waals surface area contributed by atoms with Crippen LogP contribution in [0, 0.1) is 11.8 Å². The Kier molecular flexibility index (Phi) is 10.0. The first-order valence-corrected chi connectivity index (χ1v) is 20.1. The van der Waals surface area contributed by atoms with Gasteiger partial charge in [-0.15, -0.1) is 0 Å². The van der Waals surface area contributed by atoms with Crippen LogP contribution in [0.4, 0.5) is 0 Å². The number of rotatable bonds is 4. The van der Waals surface area contributed by atoms with Crippen molar-refractivity contribution in [3.05, 3.63) is 24.3 Å². The summed E-state index contributed by atoms with van der Waals surface area (Å²) in [6.45, 7) is 10.7. The topological polar surface area (TPSA) is 141 Å². The number of ether oxygens (including phenoxy) is 9. The summed E-state index contributed by atoms with van der Waals surface area (Å²) in [4.78, 5) is 14.0. The van der Waals surface area contributed by atoms with E-state index in [0.29, 0.717) is 25.7 Å². The van der Waals surface area contributed by atoms with Gasteiger partial charge in [0, 0.05) is 51.6 Å². The minimum Gasteiger partial charge on any atom is -0.394 e. The molecule has 0 aliphatic carbocycles. The van der Waals surface area contributed by atoms with Crippen LogP contribution in [0.5, 0.6) is 0 Å². The molecule has 0 aromatic heterocycles. The fourth-order valence-electron chi connectivity index (χ4n) is 11.3. The minimum absolute atomic E-state index is 0.0260. The van der Waals surface area contributed by atoms with Gasteiger partial charge in [0.1, 0.15) is 36.3 Å². The molecule has 10 heterocycles. The molecular formula is C40H58O12. The van der Waals surface area contributed by atoms with E-state index in [2.05, 4.69) is 20.1 Å². The first-order valence-electron chi connectivity index (χ1n) is 20.1. The molecule has 10 aliphatic rings. The number of hydrogen-bond donors (Lipinski definition) is 2. The third kappa shape index (κ3) is 6.59. The summed E-state index contributed by atoms with van der Waals surface area (Å²) in [5.41, 5.74) is 2.17. The predicted molar refractivity (Wildman–Crippen MR) is 184 cm³/mol. The van der Waals surface area contributed by atoms with Crippen LogP contribution in [0.15, 0.2) is 24.3 Å². The summed E-state index contributed by atoms with van der Waals surface area (Å²) in [5.74, 6) is -0.709. The Morgan fingerprint density at radius 2 is 1.54 bits per heavy atom. The lowest BCUT2D eigenvalue weighted by atomic mass is 9.81. The maximum atomic E-state index is 14.0. The Hall–Kier alpha value is -1.29. The van der Waals surface area contributed by atoms with Gasteiger partial charge in [-0.1, -0.05) is 20.1 Å². The van der Waals surface area contributed by atoms with E-state index in [4.69, 9.17) is 42.6 Å². The molecule has 10 fully saturated rings. The standard InChI is InChI=1S/C40H58O12/c1-19-11-24-5-7-28-20(2)12-26(45-28)9-10-40-17-33-36(51-40)37-38(50-33)39(52-40)35-29(49-37)8-6-25(47-35)13-22(42)14-27-31(16-30(46-24)21(19)3)48-32(34(27)44-4)15-23(43)18-41/h19,23-39,41,43H,2-3,5-18H2,1,4H3/t19?,23?,24-,25?,26?,27?,28?,29?,30+,31-,32+,33+,34+,35-,36?,37-,38+,39?,40-/m0/s1. The van der Waals surface area contributed by atoms with E-state index >= 15 is 0 Å². The van der Waals surface area contributed by atoms with E-state index in [1.165, 1.54) is 0 Å². The Bertz CT molecular complexity index is 1370. The average Bonchev–Trinajstić information content (AvgIpc) is 3.79. The molecule has 10 aliphatic heterocycles. The van der Waals surface area contributed by atoms with Crippen molar-refractivity contribution in [3.63, 3.8) is 0 Å². The van der Waals surface area contributed by atoms with Crippen molar-refractivity contribution in [3.8, 4) is 0 Å². The van der Waals surface area contributed by atoms with Crippen molar-refractivity contribution < 1.29 is 57.6 Å². The molecule has 19 atom stereocenters. The normalized spacial score (nSPS) is 52.4. The smallest absolute Gasteiger partial charge is 0.172 e. The van der Waals surface area contributed by atoms with Gasteiger partial charge in [0.2, 0.25) is 0 Å². The summed E-state index contributed by atoms with van der Waals surface area (Å²) in [6, 6.07) is 0. The number of aliphatic hydroxyl groups excluding tert-OH is 2. The largest absolute Gasteiger partial charge is 0.394 e. The van der Waals surface area contributed by atoms with Crippen LogP contribution >= 0.6 is 0 Å². The van der Waals surface area contributed by atoms with E-state index in [1.807, 2.05) is 0 Å². The van der Waals surface area contributed by atoms with Crippen molar-refractivity contribution in [2.75, 3.05) is 13.7 Å². The second-order valence-corrected chi connectivity index (χ2v) is 17.4. The van der Waals surface area contributed by atoms with E-state index in [-0.39, 0.29) is 123 Å². The summed E-state index contributed by atoms with van der Waals surface area (Å²) in [5, 5.41) is 20.1. The molecule has 0 aromatic rings. The highest BCUT2D eigenvalue weighted by Crippen LogP contribution is 2.54. The summed E-state index contributed by atoms with van der Waals surface area (Å²) in [6.07, 6.45) is 4.01. The second kappa shape index (κ2) is 14.3. The van der Waals surface area contributed by atoms with Gasteiger partial charge in [0.15, 0.2) is 5.79 Å². The number of aliphatic hydroxyl groups is 2. The zero-order chi connectivity index (χ0) is 35.9. The van der Waals surface area contributed by atoms with E-state index in [0.717, 1.165) is 49.7 Å². The molecule has 12 heteroatoms. The molecule has 10 rings (SSSR count). The Balaban J connectivity index is 0.994. The molecule has 9 unspecified atom stereocenters. The minimum atomic E-state index is -0.951. The zero-order valence-corrected chi connectivity index (χ0v) is 30.7. The van der Waals surface area contributed by atoms with Gasteiger partial charge in [-0.2, -0.15) is 0 Å². The van der Waals surface area contributed by atoms with Gasteiger partial charge in [-0.25, -0.2) is 0 Å². The highest BCUT2D eigenvalue weighted by molar-refractivity contribution is 5.79. The number of hydrogen-bond acceptors (Lipinski definition) is 12. The molecular weight excluding hydrogens is 672 g/mol. The molecule has 0 aromatic carbocycles. The number of methoxy groups -OCH3 is 1. The first-order chi connectivity index (χ1) is 25.1. The Morgan fingerprint density at radius 3 is 2.37 bits per heavy atom. The van der Waals surface area contributed by atoms with Crippen LogP contribution in [0.2, 0.25) is 0 Å². The summed E-state index contributed by atoms with van der Waals surface area (Å²) < 4.78 is 59.8. The van der Waals surface area contributed by atoms with Crippen molar-refractivity contribution in [1.82, 2.24) is 0 Å². The molecule has 0 radical (unpaired) electrons. The van der Waals surface area contributed by atoms with Gasteiger partial charge in [0.25, 0.3) is 0 Å². The SMILES string of the molecule is C=C1CC2CC[C@@]34C[C@H]5O[C@H]6C(O3)[C@H]3OC(CCC3O[C@H]6C5O4)CC(=O)CC3[C@H](C[C@H]4O[C@@H](CCC1O2)CC(C)C4=C)O[C@H](CC(O)CO)[C@@H]3OC. The molecule has 290 valence electrons. The first kappa shape index (κ1) is 36.4. The average molecular weight is 731 g/mol. The van der Waals surface area contributed by atoms with Crippen molar-refractivity contribution >= 4 is 5.78 Å². The molecule has 0 amide bonds. The van der Waals surface area contributed by atoms with Gasteiger partial charge in [0.05, 0.1) is 73.8 Å². The fraction of sp³-hybridized carbons (Fsp3) is 0.875. The molecule has 0 saturated carbocycles. The third-order valence-electron chi connectivity index (χ3n) is 13.9. The van der Waals surface area contributed by atoms with Gasteiger partial charge in [-0.3, -0.25) is 4.79 Å². The van der Waals surface area contributed by atoms with Crippen LogP contribution in [0.1, 0.15) is 90.4 Å². The number of Topliss-reactive ketones (excluding diaryl/α,β-unsaturated/α-hetero) is 1. The van der Waals surface area contributed by atoms with Gasteiger partial charge >= 0.3 is 0 Å². The van der Waals surface area contributed by atoms with Crippen LogP contribution in [0.3, 0.4) is 0 Å².